The second-order valence-corrected chi connectivity index (χ2v) is 6.75. The van der Waals surface area contributed by atoms with Gasteiger partial charge in [0, 0.05) is 12.8 Å². The quantitative estimate of drug-likeness (QED) is 0.309. The Balaban J connectivity index is -0.00000288. The van der Waals surface area contributed by atoms with Crippen molar-refractivity contribution in [1.82, 2.24) is 5.32 Å². The number of carboxylic acid groups (broad SMARTS) is 1. The maximum atomic E-state index is 11.8. The smallest absolute Gasteiger partial charge is 0.326 e. The second-order valence-electron chi connectivity index (χ2n) is 6.75. The highest BCUT2D eigenvalue weighted by Gasteiger charge is 2.20. The molecule has 0 aromatic heterocycles. The van der Waals surface area contributed by atoms with Crippen LogP contribution in [0.15, 0.2) is 0 Å². The first-order valence-electron chi connectivity index (χ1n) is 9.77. The molecule has 0 aliphatic rings. The van der Waals surface area contributed by atoms with Crippen LogP contribution in [0.5, 0.6) is 0 Å². The predicted octanol–water partition coefficient (Wildman–Crippen LogP) is 3.75. The molecule has 27 heavy (non-hydrogen) atoms. The van der Waals surface area contributed by atoms with Gasteiger partial charge in [0.05, 0.1) is 0 Å². The van der Waals surface area contributed by atoms with E-state index in [0.717, 1.165) is 19.3 Å². The summed E-state index contributed by atoms with van der Waals surface area (Å²) >= 11 is 0. The first kappa shape index (κ1) is 30.8. The van der Waals surface area contributed by atoms with Crippen molar-refractivity contribution >= 4 is 44.8 Å². The van der Waals surface area contributed by atoms with Crippen LogP contribution in [0, 0.1) is 0 Å². The molecule has 0 saturated heterocycles. The van der Waals surface area contributed by atoms with Gasteiger partial charge in [-0.15, -0.1) is 0 Å². The largest absolute Gasteiger partial charge is 0.480 e. The summed E-state index contributed by atoms with van der Waals surface area (Å²) in [6.45, 7) is 2.23. The van der Waals surface area contributed by atoms with Crippen molar-refractivity contribution in [2.75, 3.05) is 0 Å². The van der Waals surface area contributed by atoms with E-state index < -0.39 is 17.9 Å². The van der Waals surface area contributed by atoms with E-state index in [9.17, 15) is 14.4 Å². The van der Waals surface area contributed by atoms with Crippen LogP contribution in [-0.4, -0.2) is 28.9 Å². The molecule has 0 aliphatic heterocycles. The second kappa shape index (κ2) is 21.4. The molecule has 0 aromatic rings. The number of carboxylic acids is 1. The summed E-state index contributed by atoms with van der Waals surface area (Å²) in [5.74, 6) is -1.97. The summed E-state index contributed by atoms with van der Waals surface area (Å²) in [5, 5.41) is 11.5. The Bertz CT molecular complexity index is 396. The van der Waals surface area contributed by atoms with Gasteiger partial charge in [0.25, 0.3) is 0 Å². The molecule has 0 aliphatic carbocycles. The number of carbonyl (C=O) groups excluding carboxylic acids is 2. The number of nitrogens with two attached hydrogens (primary N) is 1. The fourth-order valence-corrected chi connectivity index (χ4v) is 2.76. The van der Waals surface area contributed by atoms with Crippen molar-refractivity contribution in [2.45, 2.75) is 103 Å². The van der Waals surface area contributed by atoms with Gasteiger partial charge < -0.3 is 16.2 Å². The number of amides is 2. The van der Waals surface area contributed by atoms with E-state index in [4.69, 9.17) is 10.8 Å². The van der Waals surface area contributed by atoms with Gasteiger partial charge in [-0.25, -0.2) is 4.79 Å². The van der Waals surface area contributed by atoms with Crippen LogP contribution in [0.3, 0.4) is 0 Å². The zero-order chi connectivity index (χ0) is 18.9. The molecule has 0 saturated carbocycles. The summed E-state index contributed by atoms with van der Waals surface area (Å²) < 4.78 is 0. The third kappa shape index (κ3) is 21.3. The first-order chi connectivity index (χ1) is 12.0. The molecule has 0 fully saturated rings. The molecule has 0 bridgehead atoms. The third-order valence-electron chi connectivity index (χ3n) is 4.32. The van der Waals surface area contributed by atoms with Crippen LogP contribution in [-0.2, 0) is 14.4 Å². The standard InChI is InChI=1S/C19H36N2O4.2H2S/c1-2-3-4-5-6-7-8-9-10-11-12-13-18(23)21-16(19(24)25)14-15-17(20)22;;/h16H,2-15H2,1H3,(H2,20,22)(H,21,23)(H,24,25);2*1H2. The Kier molecular flexibility index (Phi) is 24.4. The molecule has 0 radical (unpaired) electrons. The van der Waals surface area contributed by atoms with Gasteiger partial charge in [-0.3, -0.25) is 9.59 Å². The van der Waals surface area contributed by atoms with Crippen LogP contribution in [0.25, 0.3) is 0 Å². The molecule has 162 valence electrons. The van der Waals surface area contributed by atoms with Gasteiger partial charge in [0.15, 0.2) is 0 Å². The molecule has 4 N–H and O–H groups in total. The van der Waals surface area contributed by atoms with Crippen LogP contribution >= 0.6 is 27.0 Å². The van der Waals surface area contributed by atoms with Crippen molar-refractivity contribution < 1.29 is 19.5 Å². The number of nitrogens with one attached hydrogen (secondary N) is 1. The van der Waals surface area contributed by atoms with E-state index in [1.54, 1.807) is 0 Å². The van der Waals surface area contributed by atoms with Gasteiger partial charge in [-0.2, -0.15) is 27.0 Å². The highest BCUT2D eigenvalue weighted by atomic mass is 32.1. The molecule has 1 atom stereocenters. The van der Waals surface area contributed by atoms with Crippen LogP contribution in [0.4, 0.5) is 0 Å². The van der Waals surface area contributed by atoms with E-state index in [2.05, 4.69) is 12.2 Å². The van der Waals surface area contributed by atoms with Gasteiger partial charge in [0.2, 0.25) is 11.8 Å². The lowest BCUT2D eigenvalue weighted by atomic mass is 10.0. The highest BCUT2D eigenvalue weighted by Crippen LogP contribution is 2.12. The van der Waals surface area contributed by atoms with Crippen molar-refractivity contribution in [2.24, 2.45) is 5.73 Å². The Hall–Kier alpha value is -0.890. The normalized spacial score (nSPS) is 11.0. The molecule has 0 heterocycles. The molecule has 6 nitrogen and oxygen atoms in total. The molecule has 2 amide bonds. The highest BCUT2D eigenvalue weighted by molar-refractivity contribution is 7.59. The van der Waals surface area contributed by atoms with Crippen molar-refractivity contribution in [3.05, 3.63) is 0 Å². The maximum absolute atomic E-state index is 11.8. The minimum atomic E-state index is -1.13. The van der Waals surface area contributed by atoms with Crippen LogP contribution in [0.1, 0.15) is 96.8 Å². The molecule has 1 unspecified atom stereocenters. The number of hydrogen-bond donors (Lipinski definition) is 3. The number of primary amides is 1. The fraction of sp³-hybridized carbons (Fsp3) is 0.842. The number of aliphatic carboxylic acids is 1. The summed E-state index contributed by atoms with van der Waals surface area (Å²) in [6.07, 6.45) is 13.6. The van der Waals surface area contributed by atoms with Gasteiger partial charge in [-0.1, -0.05) is 71.1 Å². The number of rotatable bonds is 17. The van der Waals surface area contributed by atoms with Crippen molar-refractivity contribution in [3.63, 3.8) is 0 Å². The molecule has 0 aromatic carbocycles. The Labute approximate surface area is 178 Å². The molecule has 0 spiro atoms. The molecule has 0 rings (SSSR count). The monoisotopic (exact) mass is 424 g/mol. The predicted molar refractivity (Wildman–Crippen MR) is 120 cm³/mol. The van der Waals surface area contributed by atoms with E-state index in [0.29, 0.717) is 6.42 Å². The number of hydrogen-bond acceptors (Lipinski definition) is 3. The summed E-state index contributed by atoms with van der Waals surface area (Å²) in [7, 11) is 0. The van der Waals surface area contributed by atoms with E-state index in [1.807, 2.05) is 0 Å². The minimum absolute atomic E-state index is 0. The summed E-state index contributed by atoms with van der Waals surface area (Å²) in [4.78, 5) is 33.5. The van der Waals surface area contributed by atoms with Crippen LogP contribution < -0.4 is 11.1 Å². The van der Waals surface area contributed by atoms with Crippen molar-refractivity contribution in [1.29, 1.82) is 0 Å². The van der Waals surface area contributed by atoms with Crippen molar-refractivity contribution in [3.8, 4) is 0 Å². The average Bonchev–Trinajstić information content (AvgIpc) is 2.56. The SMILES string of the molecule is CCCCCCCCCCCCCC(=O)NC(CCC(N)=O)C(=O)O.S.S. The van der Waals surface area contributed by atoms with Crippen LogP contribution in [0.2, 0.25) is 0 Å². The Morgan fingerprint density at radius 1 is 0.815 bits per heavy atom. The fourth-order valence-electron chi connectivity index (χ4n) is 2.76. The third-order valence-corrected chi connectivity index (χ3v) is 4.32. The lowest BCUT2D eigenvalue weighted by Gasteiger charge is -2.13. The van der Waals surface area contributed by atoms with E-state index >= 15 is 0 Å². The zero-order valence-electron chi connectivity index (χ0n) is 16.7. The molecular formula is C19H40N2O4S2. The lowest BCUT2D eigenvalue weighted by Crippen LogP contribution is -2.41. The zero-order valence-corrected chi connectivity index (χ0v) is 18.7. The Morgan fingerprint density at radius 2 is 1.26 bits per heavy atom. The minimum Gasteiger partial charge on any atom is -0.480 e. The Morgan fingerprint density at radius 3 is 1.67 bits per heavy atom. The van der Waals surface area contributed by atoms with E-state index in [1.165, 1.54) is 51.4 Å². The van der Waals surface area contributed by atoms with Gasteiger partial charge in [0.1, 0.15) is 6.04 Å². The average molecular weight is 425 g/mol. The molecular weight excluding hydrogens is 384 g/mol. The maximum Gasteiger partial charge on any atom is 0.326 e. The number of carbonyl (C=O) groups is 3. The number of unbranched alkanes of at least 4 members (excludes halogenated alkanes) is 10. The van der Waals surface area contributed by atoms with Gasteiger partial charge in [-0.05, 0) is 12.8 Å². The summed E-state index contributed by atoms with van der Waals surface area (Å²) in [5.41, 5.74) is 5.01. The summed E-state index contributed by atoms with van der Waals surface area (Å²) in [6, 6.07) is -1.03. The lowest BCUT2D eigenvalue weighted by molar-refractivity contribution is -0.142. The molecule has 8 heteroatoms. The van der Waals surface area contributed by atoms with E-state index in [-0.39, 0.29) is 45.7 Å². The topological polar surface area (TPSA) is 109 Å². The van der Waals surface area contributed by atoms with Gasteiger partial charge >= 0.3 is 5.97 Å². The first-order valence-corrected chi connectivity index (χ1v) is 9.77.